The van der Waals surface area contributed by atoms with Crippen LogP contribution >= 0.6 is 0 Å². The van der Waals surface area contributed by atoms with E-state index in [9.17, 15) is 4.79 Å². The summed E-state index contributed by atoms with van der Waals surface area (Å²) in [5, 5.41) is 0. The average molecular weight is 290 g/mol. The van der Waals surface area contributed by atoms with E-state index in [2.05, 4.69) is 39.9 Å². The highest BCUT2D eigenvalue weighted by Gasteiger charge is 2.14. The Kier molecular flexibility index (Phi) is 2.68. The Bertz CT molecular complexity index is 1020. The van der Waals surface area contributed by atoms with Crippen molar-refractivity contribution in [2.45, 2.75) is 0 Å². The molecule has 0 aliphatic carbocycles. The summed E-state index contributed by atoms with van der Waals surface area (Å²) in [6, 6.07) is 0. The van der Waals surface area contributed by atoms with Crippen LogP contribution in [0.15, 0.2) is 31.0 Å². The molecule has 0 radical (unpaired) electrons. The van der Waals surface area contributed by atoms with Crippen molar-refractivity contribution in [3.05, 3.63) is 36.8 Å². The van der Waals surface area contributed by atoms with Gasteiger partial charge in [-0.2, -0.15) is 0 Å². The number of hydrogen-bond acceptors (Lipinski definition) is 9. The van der Waals surface area contributed by atoms with E-state index < -0.39 is 0 Å². The molecule has 0 aromatic carbocycles. The summed E-state index contributed by atoms with van der Waals surface area (Å²) in [7, 11) is 0. The number of nitrogens with zero attached hydrogens (tertiary/aromatic N) is 8. The highest BCUT2D eigenvalue weighted by molar-refractivity contribution is 5.87. The van der Waals surface area contributed by atoms with E-state index in [1.54, 1.807) is 6.20 Å². The fourth-order valence-electron chi connectivity index (χ4n) is 1.97. The normalized spacial score (nSPS) is 10.9. The molecule has 0 N–H and O–H groups in total. The Morgan fingerprint density at radius 3 is 2.41 bits per heavy atom. The monoisotopic (exact) mass is 290 g/mol. The quantitative estimate of drug-likeness (QED) is 0.489. The first-order valence-corrected chi connectivity index (χ1v) is 6.23. The highest BCUT2D eigenvalue weighted by atomic mass is 16.1. The summed E-state index contributed by atoms with van der Waals surface area (Å²) in [6.45, 7) is 0. The lowest BCUT2D eigenvalue weighted by Gasteiger charge is -2.04. The summed E-state index contributed by atoms with van der Waals surface area (Å²) >= 11 is 0. The smallest absolute Gasteiger partial charge is 0.195 e. The number of hydrogen-bond donors (Lipinski definition) is 0. The minimum Gasteiger partial charge on any atom is -0.294 e. The number of carbonyl (C=O) groups excluding carboxylic acids is 1. The van der Waals surface area contributed by atoms with E-state index >= 15 is 0 Å². The lowest BCUT2D eigenvalue weighted by molar-refractivity contribution is 0.111. The fraction of sp³-hybridized carbons (Fsp3) is 0. The summed E-state index contributed by atoms with van der Waals surface area (Å²) in [6.07, 6.45) is 8.17. The Morgan fingerprint density at radius 1 is 0.773 bits per heavy atom. The van der Waals surface area contributed by atoms with Crippen molar-refractivity contribution < 1.29 is 4.79 Å². The van der Waals surface area contributed by atoms with Crippen LogP contribution in [0.3, 0.4) is 0 Å². The predicted molar refractivity (Wildman–Crippen MR) is 74.6 cm³/mol. The molecule has 0 amide bonds. The van der Waals surface area contributed by atoms with Crippen LogP contribution in [-0.4, -0.2) is 46.2 Å². The summed E-state index contributed by atoms with van der Waals surface area (Å²) < 4.78 is 0. The van der Waals surface area contributed by atoms with Gasteiger partial charge in [0.2, 0.25) is 0 Å². The van der Waals surface area contributed by atoms with Gasteiger partial charge >= 0.3 is 0 Å². The molecule has 0 bridgehead atoms. The van der Waals surface area contributed by atoms with Crippen molar-refractivity contribution >= 4 is 28.6 Å². The molecule has 4 aromatic rings. The van der Waals surface area contributed by atoms with Crippen molar-refractivity contribution in [2.75, 3.05) is 0 Å². The van der Waals surface area contributed by atoms with Gasteiger partial charge in [0, 0.05) is 24.8 Å². The number of aromatic nitrogens is 8. The van der Waals surface area contributed by atoms with Gasteiger partial charge < -0.3 is 0 Å². The number of fused-ring (bicyclic) bond motifs is 2. The van der Waals surface area contributed by atoms with E-state index in [1.807, 2.05) is 0 Å². The van der Waals surface area contributed by atoms with Gasteiger partial charge in [0.1, 0.15) is 16.7 Å². The molecule has 4 heterocycles. The topological polar surface area (TPSA) is 120 Å². The largest absolute Gasteiger partial charge is 0.294 e. The van der Waals surface area contributed by atoms with Crippen molar-refractivity contribution in [1.29, 1.82) is 0 Å². The molecule has 0 atom stereocenters. The minimum absolute atomic E-state index is 0.00848. The van der Waals surface area contributed by atoms with Crippen molar-refractivity contribution in [1.82, 2.24) is 39.9 Å². The molecule has 9 heteroatoms. The zero-order valence-corrected chi connectivity index (χ0v) is 11.0. The SMILES string of the molecule is O=Cc1nc(-c2ncc3nccnc3n2)c2nccnc2n1. The van der Waals surface area contributed by atoms with E-state index in [1.165, 1.54) is 24.8 Å². The van der Waals surface area contributed by atoms with Gasteiger partial charge in [-0.3, -0.25) is 4.79 Å². The molecule has 22 heavy (non-hydrogen) atoms. The molecule has 4 aromatic heterocycles. The van der Waals surface area contributed by atoms with Crippen LogP contribution in [0.4, 0.5) is 0 Å². The number of rotatable bonds is 2. The van der Waals surface area contributed by atoms with Gasteiger partial charge in [-0.1, -0.05) is 0 Å². The minimum atomic E-state index is -0.00848. The first-order valence-electron chi connectivity index (χ1n) is 6.23. The van der Waals surface area contributed by atoms with Crippen LogP contribution in [0, 0.1) is 0 Å². The van der Waals surface area contributed by atoms with Gasteiger partial charge in [0.05, 0.1) is 6.20 Å². The molecule has 9 nitrogen and oxygen atoms in total. The average Bonchev–Trinajstić information content (AvgIpc) is 2.60. The highest BCUT2D eigenvalue weighted by Crippen LogP contribution is 2.20. The first-order chi connectivity index (χ1) is 10.8. The third-order valence-corrected chi connectivity index (χ3v) is 2.89. The summed E-state index contributed by atoms with van der Waals surface area (Å²) in [4.78, 5) is 44.2. The van der Waals surface area contributed by atoms with Gasteiger partial charge in [-0.25, -0.2) is 39.9 Å². The predicted octanol–water partition coefficient (Wildman–Crippen LogP) is 0.632. The molecule has 0 aliphatic rings. The third kappa shape index (κ3) is 1.92. The second-order valence-electron chi connectivity index (χ2n) is 4.24. The molecule has 0 aliphatic heterocycles. The molecular formula is C13H6N8O. The number of carbonyl (C=O) groups is 1. The van der Waals surface area contributed by atoms with E-state index in [4.69, 9.17) is 0 Å². The Hall–Kier alpha value is -3.49. The number of aldehydes is 1. The van der Waals surface area contributed by atoms with Crippen molar-refractivity contribution in [2.24, 2.45) is 0 Å². The van der Waals surface area contributed by atoms with Crippen LogP contribution in [0.25, 0.3) is 33.8 Å². The second kappa shape index (κ2) is 4.81. The van der Waals surface area contributed by atoms with Crippen LogP contribution < -0.4 is 0 Å². The lowest BCUT2D eigenvalue weighted by atomic mass is 10.3. The van der Waals surface area contributed by atoms with Crippen LogP contribution in [-0.2, 0) is 0 Å². The fourth-order valence-corrected chi connectivity index (χ4v) is 1.97. The zero-order chi connectivity index (χ0) is 14.9. The maximum Gasteiger partial charge on any atom is 0.195 e. The Morgan fingerprint density at radius 2 is 1.55 bits per heavy atom. The molecule has 4 rings (SSSR count). The third-order valence-electron chi connectivity index (χ3n) is 2.89. The van der Waals surface area contributed by atoms with Gasteiger partial charge in [0.15, 0.2) is 29.2 Å². The van der Waals surface area contributed by atoms with Crippen LogP contribution in [0.1, 0.15) is 10.6 Å². The molecule has 0 unspecified atom stereocenters. The summed E-state index contributed by atoms with van der Waals surface area (Å²) in [5.74, 6) is 0.273. The van der Waals surface area contributed by atoms with Crippen molar-refractivity contribution in [3.63, 3.8) is 0 Å². The van der Waals surface area contributed by atoms with E-state index in [-0.39, 0.29) is 11.6 Å². The van der Waals surface area contributed by atoms with Gasteiger partial charge in [-0.15, -0.1) is 0 Å². The molecule has 104 valence electrons. The van der Waals surface area contributed by atoms with Gasteiger partial charge in [-0.05, 0) is 0 Å². The molecule has 0 saturated heterocycles. The van der Waals surface area contributed by atoms with E-state index in [0.717, 1.165) is 0 Å². The zero-order valence-electron chi connectivity index (χ0n) is 11.0. The molecular weight excluding hydrogens is 284 g/mol. The molecule has 0 saturated carbocycles. The van der Waals surface area contributed by atoms with Crippen LogP contribution in [0.2, 0.25) is 0 Å². The summed E-state index contributed by atoms with van der Waals surface area (Å²) in [5.41, 5.74) is 2.03. The van der Waals surface area contributed by atoms with Crippen LogP contribution in [0.5, 0.6) is 0 Å². The van der Waals surface area contributed by atoms with Gasteiger partial charge in [0.25, 0.3) is 0 Å². The second-order valence-corrected chi connectivity index (χ2v) is 4.24. The lowest BCUT2D eigenvalue weighted by Crippen LogP contribution is -2.03. The molecule has 0 spiro atoms. The maximum atomic E-state index is 11.0. The first kappa shape index (κ1) is 12.3. The molecule has 0 fully saturated rings. The maximum absolute atomic E-state index is 11.0. The standard InChI is InChI=1S/C13H6N8O/c22-6-8-19-10(9-12(20-8)17-4-2-15-9)13-18-5-7-11(21-13)16-3-1-14-7/h1-6H. The Labute approximate surface area is 122 Å². The van der Waals surface area contributed by atoms with E-state index in [0.29, 0.717) is 34.3 Å². The Balaban J connectivity index is 2.04. The van der Waals surface area contributed by atoms with Crippen molar-refractivity contribution in [3.8, 4) is 11.5 Å².